The van der Waals surface area contributed by atoms with Gasteiger partial charge in [0.05, 0.1) is 10.7 Å². The minimum Gasteiger partial charge on any atom is -0.384 e. The molecule has 0 fully saturated rings. The van der Waals surface area contributed by atoms with E-state index in [0.29, 0.717) is 5.69 Å². The molecule has 0 atom stereocenters. The zero-order valence-electron chi connectivity index (χ0n) is 10.1. The molecule has 2 rings (SSSR count). The Kier molecular flexibility index (Phi) is 4.07. The van der Waals surface area contributed by atoms with Crippen LogP contribution in [0.1, 0.15) is 16.1 Å². The van der Waals surface area contributed by atoms with E-state index in [1.807, 2.05) is 19.1 Å². The average Bonchev–Trinajstić information content (AvgIpc) is 2.35. The smallest absolute Gasteiger partial charge is 0.275 e. The van der Waals surface area contributed by atoms with Crippen molar-refractivity contribution >= 4 is 44.9 Å². The summed E-state index contributed by atoms with van der Waals surface area (Å²) >= 11 is 9.32. The summed E-state index contributed by atoms with van der Waals surface area (Å²) in [6, 6.07) is 8.69. The number of nitrogens with zero attached hydrogens (tertiary/aromatic N) is 1. The molecule has 0 spiro atoms. The van der Waals surface area contributed by atoms with E-state index >= 15 is 0 Å². The van der Waals surface area contributed by atoms with Crippen LogP contribution in [0.25, 0.3) is 0 Å². The maximum Gasteiger partial charge on any atom is 0.275 e. The first-order valence-corrected chi connectivity index (χ1v) is 6.64. The number of halogens is 2. The highest BCUT2D eigenvalue weighted by atomic mass is 79.9. The van der Waals surface area contributed by atoms with Gasteiger partial charge in [-0.2, -0.15) is 0 Å². The number of rotatable bonds is 2. The predicted octanol–water partition coefficient (Wildman–Crippen LogP) is 3.64. The molecule has 0 aliphatic rings. The maximum absolute atomic E-state index is 12.1. The van der Waals surface area contributed by atoms with Crippen LogP contribution in [0.2, 0.25) is 5.02 Å². The molecule has 0 aliphatic carbocycles. The molecule has 0 aliphatic heterocycles. The minimum atomic E-state index is -0.401. The molecule has 4 nitrogen and oxygen atoms in total. The lowest BCUT2D eigenvalue weighted by atomic mass is 10.2. The van der Waals surface area contributed by atoms with Crippen molar-refractivity contribution in [2.45, 2.75) is 6.92 Å². The van der Waals surface area contributed by atoms with Gasteiger partial charge in [-0.25, -0.2) is 4.98 Å². The third-order valence-electron chi connectivity index (χ3n) is 2.46. The van der Waals surface area contributed by atoms with Crippen LogP contribution >= 0.6 is 27.5 Å². The Bertz CT molecular complexity index is 646. The van der Waals surface area contributed by atoms with Crippen molar-refractivity contribution in [1.82, 2.24) is 4.98 Å². The molecule has 19 heavy (non-hydrogen) atoms. The van der Waals surface area contributed by atoms with Crippen LogP contribution in [-0.4, -0.2) is 10.9 Å². The summed E-state index contributed by atoms with van der Waals surface area (Å²) in [5, 5.41) is 2.99. The van der Waals surface area contributed by atoms with Crippen molar-refractivity contribution in [3.05, 3.63) is 51.1 Å². The van der Waals surface area contributed by atoms with Crippen LogP contribution < -0.4 is 11.1 Å². The summed E-state index contributed by atoms with van der Waals surface area (Å²) in [4.78, 5) is 16.0. The number of aromatic nitrogens is 1. The number of nitrogens with one attached hydrogen (secondary N) is 1. The van der Waals surface area contributed by atoms with Gasteiger partial charge in [0.25, 0.3) is 5.91 Å². The van der Waals surface area contributed by atoms with Crippen LogP contribution in [-0.2, 0) is 0 Å². The molecule has 1 aromatic carbocycles. The second kappa shape index (κ2) is 5.59. The zero-order valence-corrected chi connectivity index (χ0v) is 12.4. The Hall–Kier alpha value is -1.59. The lowest BCUT2D eigenvalue weighted by Gasteiger charge is -2.09. The fraction of sp³-hybridized carbons (Fsp3) is 0.0769. The second-order valence-electron chi connectivity index (χ2n) is 4.00. The summed E-state index contributed by atoms with van der Waals surface area (Å²) in [5.74, 6) is -0.153. The van der Waals surface area contributed by atoms with Gasteiger partial charge in [0, 0.05) is 4.47 Å². The highest BCUT2D eigenvalue weighted by molar-refractivity contribution is 9.10. The van der Waals surface area contributed by atoms with Crippen LogP contribution in [0.15, 0.2) is 34.8 Å². The van der Waals surface area contributed by atoms with Crippen LogP contribution in [0.3, 0.4) is 0 Å². The molecule has 1 amide bonds. The predicted molar refractivity (Wildman–Crippen MR) is 80.5 cm³/mol. The number of anilines is 2. The fourth-order valence-corrected chi connectivity index (χ4v) is 2.30. The lowest BCUT2D eigenvalue weighted by molar-refractivity contribution is 0.102. The van der Waals surface area contributed by atoms with Gasteiger partial charge in [0.2, 0.25) is 0 Å². The first-order valence-electron chi connectivity index (χ1n) is 5.47. The number of pyridine rings is 1. The highest BCUT2D eigenvalue weighted by Crippen LogP contribution is 2.24. The van der Waals surface area contributed by atoms with E-state index in [0.717, 1.165) is 10.0 Å². The van der Waals surface area contributed by atoms with Gasteiger partial charge < -0.3 is 11.1 Å². The van der Waals surface area contributed by atoms with Crippen molar-refractivity contribution in [3.63, 3.8) is 0 Å². The third-order valence-corrected chi connectivity index (χ3v) is 3.42. The van der Waals surface area contributed by atoms with Crippen molar-refractivity contribution in [2.75, 3.05) is 11.1 Å². The summed E-state index contributed by atoms with van der Waals surface area (Å²) in [7, 11) is 0. The van der Waals surface area contributed by atoms with E-state index in [-0.39, 0.29) is 16.5 Å². The van der Waals surface area contributed by atoms with E-state index in [1.165, 1.54) is 0 Å². The zero-order chi connectivity index (χ0) is 14.0. The van der Waals surface area contributed by atoms with Gasteiger partial charge in [0.1, 0.15) is 11.5 Å². The molecule has 0 saturated heterocycles. The number of amides is 1. The van der Waals surface area contributed by atoms with Crippen LogP contribution in [0.5, 0.6) is 0 Å². The van der Waals surface area contributed by atoms with Gasteiger partial charge in [0.15, 0.2) is 0 Å². The minimum absolute atomic E-state index is 0.106. The first kappa shape index (κ1) is 13.8. The molecular weight excluding hydrogens is 330 g/mol. The quantitative estimate of drug-likeness (QED) is 0.877. The molecule has 98 valence electrons. The van der Waals surface area contributed by atoms with Gasteiger partial charge in [-0.05, 0) is 52.7 Å². The van der Waals surface area contributed by atoms with Gasteiger partial charge >= 0.3 is 0 Å². The van der Waals surface area contributed by atoms with E-state index in [4.69, 9.17) is 17.3 Å². The summed E-state index contributed by atoms with van der Waals surface area (Å²) < 4.78 is 0.792. The molecule has 0 saturated carbocycles. The normalized spacial score (nSPS) is 10.3. The highest BCUT2D eigenvalue weighted by Gasteiger charge is 2.14. The Morgan fingerprint density at radius 1 is 1.37 bits per heavy atom. The number of nitrogen functional groups attached to an aromatic ring is 1. The first-order chi connectivity index (χ1) is 8.97. The summed E-state index contributed by atoms with van der Waals surface area (Å²) in [6.45, 7) is 1.96. The van der Waals surface area contributed by atoms with Crippen molar-refractivity contribution in [3.8, 4) is 0 Å². The monoisotopic (exact) mass is 339 g/mol. The molecule has 6 heteroatoms. The van der Waals surface area contributed by atoms with E-state index in [1.54, 1.807) is 18.2 Å². The topological polar surface area (TPSA) is 68.0 Å². The second-order valence-corrected chi connectivity index (χ2v) is 5.27. The number of carbonyl (C=O) groups excluding carboxylic acids is 1. The molecule has 3 N–H and O–H groups in total. The third kappa shape index (κ3) is 3.24. The van der Waals surface area contributed by atoms with Gasteiger partial charge in [-0.3, -0.25) is 4.79 Å². The van der Waals surface area contributed by atoms with Gasteiger partial charge in [-0.1, -0.05) is 17.7 Å². The number of hydrogen-bond donors (Lipinski definition) is 2. The summed E-state index contributed by atoms with van der Waals surface area (Å²) in [5.41, 5.74) is 7.39. The van der Waals surface area contributed by atoms with Crippen molar-refractivity contribution in [2.24, 2.45) is 0 Å². The molecule has 0 radical (unpaired) electrons. The van der Waals surface area contributed by atoms with E-state index in [2.05, 4.69) is 26.2 Å². The van der Waals surface area contributed by atoms with E-state index < -0.39 is 5.91 Å². The fourth-order valence-electron chi connectivity index (χ4n) is 1.52. The largest absolute Gasteiger partial charge is 0.384 e. The Labute approximate surface area is 124 Å². The molecular formula is C13H11BrClN3O. The number of aryl methyl sites for hydroxylation is 1. The summed E-state index contributed by atoms with van der Waals surface area (Å²) in [6.07, 6.45) is 0. The molecule has 2 aromatic rings. The standard InChI is InChI=1S/C13H11BrClN3O/c1-7-2-4-10(8(14)6-7)17-13(19)12-9(15)3-5-11(16)18-12/h2-6H,1H3,(H2,16,18)(H,17,19). The molecule has 1 heterocycles. The number of hydrogen-bond acceptors (Lipinski definition) is 3. The van der Waals surface area contributed by atoms with E-state index in [9.17, 15) is 4.79 Å². The van der Waals surface area contributed by atoms with Crippen LogP contribution in [0.4, 0.5) is 11.5 Å². The Morgan fingerprint density at radius 2 is 2.11 bits per heavy atom. The number of nitrogens with two attached hydrogens (primary N) is 1. The molecule has 0 unspecified atom stereocenters. The SMILES string of the molecule is Cc1ccc(NC(=O)c2nc(N)ccc2Cl)c(Br)c1. The van der Waals surface area contributed by atoms with Crippen molar-refractivity contribution < 1.29 is 4.79 Å². The lowest BCUT2D eigenvalue weighted by Crippen LogP contribution is -2.15. The number of carbonyl (C=O) groups is 1. The van der Waals surface area contributed by atoms with Crippen molar-refractivity contribution in [1.29, 1.82) is 0 Å². The van der Waals surface area contributed by atoms with Crippen LogP contribution in [0, 0.1) is 6.92 Å². The molecule has 1 aromatic heterocycles. The molecule has 0 bridgehead atoms. The average molecular weight is 341 g/mol. The number of benzene rings is 1. The van der Waals surface area contributed by atoms with Gasteiger partial charge in [-0.15, -0.1) is 0 Å². The maximum atomic E-state index is 12.1. The Balaban J connectivity index is 2.28. The Morgan fingerprint density at radius 3 is 2.79 bits per heavy atom.